The largest absolute Gasteiger partial charge is 0.468 e. The van der Waals surface area contributed by atoms with E-state index in [4.69, 9.17) is 4.74 Å². The standard InChI is InChI=1S/C17H26O3/c1-16(2,3)12-7-9-13(10-8-12)17(15(19)20-4)11-5-6-14(17)18/h9,12H,5-8,10-11H2,1-4H3. The minimum atomic E-state index is -0.947. The first-order valence-corrected chi connectivity index (χ1v) is 7.63. The molecule has 0 aliphatic heterocycles. The minimum Gasteiger partial charge on any atom is -0.468 e. The van der Waals surface area contributed by atoms with Gasteiger partial charge in [-0.1, -0.05) is 26.8 Å². The van der Waals surface area contributed by atoms with Gasteiger partial charge in [-0.15, -0.1) is 0 Å². The zero-order valence-electron chi connectivity index (χ0n) is 13.1. The van der Waals surface area contributed by atoms with E-state index in [9.17, 15) is 9.59 Å². The lowest BCUT2D eigenvalue weighted by molar-refractivity contribution is -0.154. The number of carbonyl (C=O) groups excluding carboxylic acids is 2. The normalized spacial score (nSPS) is 31.1. The average Bonchev–Trinajstić information content (AvgIpc) is 2.80. The zero-order valence-corrected chi connectivity index (χ0v) is 13.1. The van der Waals surface area contributed by atoms with Crippen LogP contribution >= 0.6 is 0 Å². The maximum Gasteiger partial charge on any atom is 0.323 e. The number of methoxy groups -OCH3 is 1. The lowest BCUT2D eigenvalue weighted by atomic mass is 9.67. The van der Waals surface area contributed by atoms with Crippen molar-refractivity contribution in [1.29, 1.82) is 0 Å². The van der Waals surface area contributed by atoms with Crippen LogP contribution < -0.4 is 0 Å². The minimum absolute atomic E-state index is 0.0600. The molecule has 0 aromatic rings. The van der Waals surface area contributed by atoms with Gasteiger partial charge >= 0.3 is 5.97 Å². The van der Waals surface area contributed by atoms with Crippen LogP contribution in [0.4, 0.5) is 0 Å². The maximum absolute atomic E-state index is 12.3. The molecule has 3 heteroatoms. The van der Waals surface area contributed by atoms with Gasteiger partial charge < -0.3 is 4.74 Å². The molecule has 0 amide bonds. The predicted molar refractivity (Wildman–Crippen MR) is 78.2 cm³/mol. The van der Waals surface area contributed by atoms with Crippen molar-refractivity contribution in [3.05, 3.63) is 11.6 Å². The summed E-state index contributed by atoms with van der Waals surface area (Å²) in [5.74, 6) is 0.336. The molecule has 0 radical (unpaired) electrons. The molecule has 0 aromatic heterocycles. The Morgan fingerprint density at radius 3 is 2.45 bits per heavy atom. The van der Waals surface area contributed by atoms with E-state index in [1.165, 1.54) is 7.11 Å². The van der Waals surface area contributed by atoms with Gasteiger partial charge in [-0.3, -0.25) is 9.59 Å². The molecule has 112 valence electrons. The van der Waals surface area contributed by atoms with E-state index in [0.29, 0.717) is 18.8 Å². The third kappa shape index (κ3) is 2.43. The summed E-state index contributed by atoms with van der Waals surface area (Å²) >= 11 is 0. The molecule has 0 N–H and O–H groups in total. The van der Waals surface area contributed by atoms with Gasteiger partial charge in [-0.2, -0.15) is 0 Å². The molecule has 2 atom stereocenters. The van der Waals surface area contributed by atoms with E-state index in [1.807, 2.05) is 0 Å². The Kier molecular flexibility index (Phi) is 4.08. The summed E-state index contributed by atoms with van der Waals surface area (Å²) in [5, 5.41) is 0. The highest BCUT2D eigenvalue weighted by molar-refractivity contribution is 6.08. The molecule has 2 rings (SSSR count). The van der Waals surface area contributed by atoms with E-state index in [-0.39, 0.29) is 17.2 Å². The van der Waals surface area contributed by atoms with Crippen LogP contribution in [0.3, 0.4) is 0 Å². The molecule has 1 fully saturated rings. The topological polar surface area (TPSA) is 43.4 Å². The van der Waals surface area contributed by atoms with Crippen molar-refractivity contribution in [2.45, 2.75) is 59.3 Å². The highest BCUT2D eigenvalue weighted by Gasteiger charge is 2.52. The lowest BCUT2D eigenvalue weighted by Crippen LogP contribution is -2.39. The summed E-state index contributed by atoms with van der Waals surface area (Å²) in [5.41, 5.74) is 0.352. The van der Waals surface area contributed by atoms with Gasteiger partial charge in [-0.25, -0.2) is 0 Å². The van der Waals surface area contributed by atoms with Crippen LogP contribution in [0.25, 0.3) is 0 Å². The highest BCUT2D eigenvalue weighted by atomic mass is 16.5. The first-order chi connectivity index (χ1) is 9.32. The van der Waals surface area contributed by atoms with Crippen LogP contribution in [0.5, 0.6) is 0 Å². The highest BCUT2D eigenvalue weighted by Crippen LogP contribution is 2.48. The van der Waals surface area contributed by atoms with Crippen LogP contribution in [0.1, 0.15) is 59.3 Å². The Morgan fingerprint density at radius 1 is 1.35 bits per heavy atom. The second-order valence-electron chi connectivity index (χ2n) is 7.24. The second kappa shape index (κ2) is 5.34. The third-order valence-electron chi connectivity index (χ3n) is 5.15. The Bertz CT molecular complexity index is 442. The molecule has 2 unspecified atom stereocenters. The van der Waals surface area contributed by atoms with Gasteiger partial charge in [0.2, 0.25) is 0 Å². The molecule has 0 saturated heterocycles. The van der Waals surface area contributed by atoms with E-state index in [0.717, 1.165) is 31.3 Å². The molecule has 2 aliphatic carbocycles. The number of esters is 1. The van der Waals surface area contributed by atoms with Gasteiger partial charge in [0.05, 0.1) is 7.11 Å². The maximum atomic E-state index is 12.3. The van der Waals surface area contributed by atoms with E-state index in [1.54, 1.807) is 0 Å². The summed E-state index contributed by atoms with van der Waals surface area (Å²) in [6.45, 7) is 6.77. The monoisotopic (exact) mass is 278 g/mol. The number of allylic oxidation sites excluding steroid dienone is 1. The number of hydrogen-bond donors (Lipinski definition) is 0. The van der Waals surface area contributed by atoms with Crippen molar-refractivity contribution in [1.82, 2.24) is 0 Å². The van der Waals surface area contributed by atoms with Gasteiger partial charge in [0.15, 0.2) is 5.78 Å². The number of carbonyl (C=O) groups is 2. The Morgan fingerprint density at radius 2 is 2.05 bits per heavy atom. The van der Waals surface area contributed by atoms with Crippen LogP contribution in [-0.4, -0.2) is 18.9 Å². The van der Waals surface area contributed by atoms with Gasteiger partial charge in [0.25, 0.3) is 0 Å². The van der Waals surface area contributed by atoms with Gasteiger partial charge in [0, 0.05) is 6.42 Å². The molecule has 3 nitrogen and oxygen atoms in total. The average molecular weight is 278 g/mol. The fraction of sp³-hybridized carbons (Fsp3) is 0.765. The van der Waals surface area contributed by atoms with Crippen molar-refractivity contribution in [2.75, 3.05) is 7.11 Å². The summed E-state index contributed by atoms with van der Waals surface area (Å²) < 4.78 is 4.95. The van der Waals surface area contributed by atoms with Crippen LogP contribution in [0, 0.1) is 16.7 Å². The van der Waals surface area contributed by atoms with Crippen LogP contribution in [0.2, 0.25) is 0 Å². The molecule has 0 bridgehead atoms. The fourth-order valence-electron chi connectivity index (χ4n) is 3.74. The van der Waals surface area contributed by atoms with Gasteiger partial charge in [-0.05, 0) is 49.0 Å². The number of Topliss-reactive ketones (excluding diaryl/α,β-unsaturated/α-hetero) is 1. The van der Waals surface area contributed by atoms with E-state index >= 15 is 0 Å². The van der Waals surface area contributed by atoms with Crippen LogP contribution in [0.15, 0.2) is 11.6 Å². The summed E-state index contributed by atoms with van der Waals surface area (Å²) in [6.07, 6.45) is 6.96. The van der Waals surface area contributed by atoms with Gasteiger partial charge in [0.1, 0.15) is 5.41 Å². The Balaban J connectivity index is 2.27. The van der Waals surface area contributed by atoms with Crippen molar-refractivity contribution in [3.63, 3.8) is 0 Å². The molecular weight excluding hydrogens is 252 g/mol. The Labute approximate surface area is 121 Å². The number of ketones is 1. The molecule has 0 heterocycles. The number of ether oxygens (including phenoxy) is 1. The van der Waals surface area contributed by atoms with Crippen LogP contribution in [-0.2, 0) is 14.3 Å². The molecule has 0 aromatic carbocycles. The third-order valence-corrected chi connectivity index (χ3v) is 5.15. The molecule has 20 heavy (non-hydrogen) atoms. The molecule has 2 aliphatic rings. The molecule has 0 spiro atoms. The smallest absolute Gasteiger partial charge is 0.323 e. The fourth-order valence-corrected chi connectivity index (χ4v) is 3.74. The van der Waals surface area contributed by atoms with Crippen molar-refractivity contribution >= 4 is 11.8 Å². The predicted octanol–water partition coefficient (Wildman–Crippen LogP) is 3.67. The first-order valence-electron chi connectivity index (χ1n) is 7.63. The Hall–Kier alpha value is -1.12. The molecule has 1 saturated carbocycles. The quantitative estimate of drug-likeness (QED) is 0.440. The first kappa shape index (κ1) is 15.3. The lowest BCUT2D eigenvalue weighted by Gasteiger charge is -2.37. The zero-order chi connectivity index (χ0) is 15.0. The second-order valence-corrected chi connectivity index (χ2v) is 7.24. The van der Waals surface area contributed by atoms with Crippen molar-refractivity contribution in [2.24, 2.45) is 16.7 Å². The summed E-state index contributed by atoms with van der Waals surface area (Å²) in [4.78, 5) is 24.6. The van der Waals surface area contributed by atoms with Crippen molar-refractivity contribution in [3.8, 4) is 0 Å². The van der Waals surface area contributed by atoms with Crippen molar-refractivity contribution < 1.29 is 14.3 Å². The SMILES string of the molecule is COC(=O)C1(C2=CCC(C(C)(C)C)CC2)CCCC1=O. The number of rotatable bonds is 2. The number of hydrogen-bond acceptors (Lipinski definition) is 3. The summed E-state index contributed by atoms with van der Waals surface area (Å²) in [7, 11) is 1.39. The summed E-state index contributed by atoms with van der Waals surface area (Å²) in [6, 6.07) is 0. The molecular formula is C17H26O3. The van der Waals surface area contributed by atoms with E-state index < -0.39 is 5.41 Å². The van der Waals surface area contributed by atoms with E-state index in [2.05, 4.69) is 26.8 Å².